The summed E-state index contributed by atoms with van der Waals surface area (Å²) in [5.41, 5.74) is 5.57. The molecule has 2 amide bonds. The van der Waals surface area contributed by atoms with Crippen LogP contribution in [0, 0.1) is 13.8 Å². The molecule has 0 aliphatic carbocycles. The third-order valence-electron chi connectivity index (χ3n) is 8.11. The Hall–Kier alpha value is -4.96. The highest BCUT2D eigenvalue weighted by Gasteiger charge is 2.21. The van der Waals surface area contributed by atoms with Crippen LogP contribution in [-0.2, 0) is 17.6 Å². The Morgan fingerprint density at radius 1 is 0.913 bits per heavy atom. The van der Waals surface area contributed by atoms with Crippen molar-refractivity contribution in [2.24, 2.45) is 0 Å². The lowest BCUT2D eigenvalue weighted by molar-refractivity contribution is -0.132. The molecule has 10 nitrogen and oxygen atoms in total. The van der Waals surface area contributed by atoms with Gasteiger partial charge in [0.25, 0.3) is 5.91 Å². The zero-order chi connectivity index (χ0) is 32.6. The number of anilines is 3. The number of carbonyl (C=O) groups is 2. The monoisotopic (exact) mass is 622 g/mol. The summed E-state index contributed by atoms with van der Waals surface area (Å²) in [4.78, 5) is 39.6. The highest BCUT2D eigenvalue weighted by Crippen LogP contribution is 2.34. The first-order chi connectivity index (χ1) is 22.2. The first kappa shape index (κ1) is 32.4. The molecule has 4 aromatic rings. The quantitative estimate of drug-likeness (QED) is 0.205. The lowest BCUT2D eigenvalue weighted by Crippen LogP contribution is -2.47. The van der Waals surface area contributed by atoms with Crippen LogP contribution in [0.2, 0.25) is 0 Å². The molecule has 2 N–H and O–H groups in total. The van der Waals surface area contributed by atoms with Crippen LogP contribution < -0.4 is 20.1 Å². The normalized spacial score (nSPS) is 13.3. The number of methoxy groups -OCH3 is 1. The van der Waals surface area contributed by atoms with Crippen molar-refractivity contribution in [1.29, 1.82) is 0 Å². The number of carbonyl (C=O) groups excluding carboxylic acids is 2. The van der Waals surface area contributed by atoms with E-state index < -0.39 is 5.91 Å². The van der Waals surface area contributed by atoms with Crippen LogP contribution in [0.25, 0.3) is 0 Å². The number of likely N-dealkylation sites (N-methyl/N-ethyl adjacent to an activating group) is 1. The van der Waals surface area contributed by atoms with Gasteiger partial charge in [0.05, 0.1) is 13.5 Å². The predicted molar refractivity (Wildman–Crippen MR) is 180 cm³/mol. The predicted octanol–water partition coefficient (Wildman–Crippen LogP) is 6.16. The number of para-hydroxylation sites is 1. The number of aryl methyl sites for hydroxylation is 3. The van der Waals surface area contributed by atoms with E-state index in [9.17, 15) is 9.59 Å². The molecule has 0 unspecified atom stereocenters. The first-order valence-electron chi connectivity index (χ1n) is 15.7. The average Bonchev–Trinajstić information content (AvgIpc) is 3.05. The van der Waals surface area contributed by atoms with Crippen LogP contribution in [0.4, 0.5) is 17.3 Å². The molecule has 2 heterocycles. The van der Waals surface area contributed by atoms with Crippen molar-refractivity contribution in [3.8, 4) is 17.4 Å². The van der Waals surface area contributed by atoms with Crippen LogP contribution in [0.1, 0.15) is 46.0 Å². The number of benzene rings is 3. The van der Waals surface area contributed by atoms with Gasteiger partial charge in [-0.2, -0.15) is 4.98 Å². The topological polar surface area (TPSA) is 109 Å². The molecular weight excluding hydrogens is 580 g/mol. The van der Waals surface area contributed by atoms with E-state index in [2.05, 4.69) is 39.5 Å². The van der Waals surface area contributed by atoms with E-state index in [1.54, 1.807) is 7.11 Å². The van der Waals surface area contributed by atoms with Gasteiger partial charge in [-0.15, -0.1) is 0 Å². The van der Waals surface area contributed by atoms with Crippen molar-refractivity contribution in [1.82, 2.24) is 19.8 Å². The molecule has 1 saturated heterocycles. The van der Waals surface area contributed by atoms with Crippen LogP contribution in [0.3, 0.4) is 0 Å². The number of amides is 2. The fraction of sp³-hybridized carbons (Fsp3) is 0.333. The molecule has 240 valence electrons. The fourth-order valence-corrected chi connectivity index (χ4v) is 5.37. The maximum atomic E-state index is 13.6. The molecule has 0 bridgehead atoms. The van der Waals surface area contributed by atoms with Crippen molar-refractivity contribution >= 4 is 29.1 Å². The van der Waals surface area contributed by atoms with E-state index in [-0.39, 0.29) is 23.3 Å². The number of rotatable bonds is 11. The van der Waals surface area contributed by atoms with Crippen LogP contribution in [0.5, 0.6) is 17.4 Å². The van der Waals surface area contributed by atoms with Gasteiger partial charge in [0.15, 0.2) is 11.5 Å². The first-order valence-corrected chi connectivity index (χ1v) is 15.7. The molecule has 1 aliphatic heterocycles. The summed E-state index contributed by atoms with van der Waals surface area (Å²) < 4.78 is 11.9. The molecule has 0 radical (unpaired) electrons. The molecule has 1 fully saturated rings. The van der Waals surface area contributed by atoms with Crippen molar-refractivity contribution in [3.63, 3.8) is 0 Å². The standard InChI is InChI=1S/C36H42N6O4/c1-6-8-26-13-16-30(31(21-26)45-5)46-35-29(34(44)39-33-24(2)9-7-10-25(33)3)23-37-36(40-35)38-28-14-11-27(12-15-28)22-32(43)42-19-17-41(4)18-20-42/h7,9-16,21,23H,6,8,17-20,22H2,1-5H3,(H,39,44)(H,37,38,40). The second-order valence-electron chi connectivity index (χ2n) is 11.7. The number of hydrogen-bond acceptors (Lipinski definition) is 8. The minimum atomic E-state index is -0.394. The highest BCUT2D eigenvalue weighted by atomic mass is 16.5. The molecule has 3 aromatic carbocycles. The van der Waals surface area contributed by atoms with Crippen molar-refractivity contribution in [2.75, 3.05) is 51.0 Å². The van der Waals surface area contributed by atoms with Gasteiger partial charge in [-0.1, -0.05) is 49.7 Å². The number of hydrogen-bond donors (Lipinski definition) is 2. The molecule has 46 heavy (non-hydrogen) atoms. The van der Waals surface area contributed by atoms with Gasteiger partial charge in [0.1, 0.15) is 5.56 Å². The lowest BCUT2D eigenvalue weighted by atomic mass is 10.1. The number of piperazine rings is 1. The number of nitrogens with zero attached hydrogens (tertiary/aromatic N) is 4. The van der Waals surface area contributed by atoms with Gasteiger partial charge in [0.2, 0.25) is 17.7 Å². The summed E-state index contributed by atoms with van der Waals surface area (Å²) in [6, 6.07) is 19.2. The third-order valence-corrected chi connectivity index (χ3v) is 8.11. The molecule has 0 saturated carbocycles. The van der Waals surface area contributed by atoms with E-state index >= 15 is 0 Å². The Morgan fingerprint density at radius 3 is 2.28 bits per heavy atom. The van der Waals surface area contributed by atoms with E-state index in [1.807, 2.05) is 79.4 Å². The van der Waals surface area contributed by atoms with Gasteiger partial charge in [-0.05, 0) is 73.8 Å². The van der Waals surface area contributed by atoms with E-state index in [0.29, 0.717) is 17.9 Å². The minimum absolute atomic E-state index is 0.0807. The SMILES string of the molecule is CCCc1ccc(Oc2nc(Nc3ccc(CC(=O)N4CCN(C)CC4)cc3)ncc2C(=O)Nc2c(C)cccc2C)c(OC)c1. The molecule has 5 rings (SSSR count). The molecule has 0 atom stereocenters. The summed E-state index contributed by atoms with van der Waals surface area (Å²) in [6.07, 6.45) is 3.71. The van der Waals surface area contributed by atoms with Crippen molar-refractivity contribution < 1.29 is 19.1 Å². The molecule has 10 heteroatoms. The molecule has 1 aromatic heterocycles. The third kappa shape index (κ3) is 8.00. The van der Waals surface area contributed by atoms with Crippen molar-refractivity contribution in [2.45, 2.75) is 40.0 Å². The largest absolute Gasteiger partial charge is 0.493 e. The van der Waals surface area contributed by atoms with Gasteiger partial charge in [0, 0.05) is 43.8 Å². The van der Waals surface area contributed by atoms with Crippen molar-refractivity contribution in [3.05, 3.63) is 94.7 Å². The fourth-order valence-electron chi connectivity index (χ4n) is 5.37. The van der Waals surface area contributed by atoms with E-state index in [1.165, 1.54) is 6.20 Å². The Morgan fingerprint density at radius 2 is 1.61 bits per heavy atom. The summed E-state index contributed by atoms with van der Waals surface area (Å²) in [6.45, 7) is 9.30. The Balaban J connectivity index is 1.38. The van der Waals surface area contributed by atoms with Crippen LogP contribution in [0.15, 0.2) is 66.9 Å². The maximum Gasteiger partial charge on any atom is 0.262 e. The Bertz CT molecular complexity index is 1660. The van der Waals surface area contributed by atoms with Crippen LogP contribution >= 0.6 is 0 Å². The lowest BCUT2D eigenvalue weighted by Gasteiger charge is -2.32. The van der Waals surface area contributed by atoms with Gasteiger partial charge >= 0.3 is 0 Å². The molecule has 1 aliphatic rings. The van der Waals surface area contributed by atoms with Gasteiger partial charge in [-0.25, -0.2) is 4.98 Å². The second kappa shape index (κ2) is 14.9. The van der Waals surface area contributed by atoms with E-state index in [0.717, 1.165) is 72.6 Å². The van der Waals surface area contributed by atoms with Crippen LogP contribution in [-0.4, -0.2) is 71.9 Å². The number of nitrogens with one attached hydrogen (secondary N) is 2. The summed E-state index contributed by atoms with van der Waals surface area (Å²) >= 11 is 0. The van der Waals surface area contributed by atoms with Gasteiger partial charge < -0.3 is 29.9 Å². The molecule has 0 spiro atoms. The Kier molecular flexibility index (Phi) is 10.5. The summed E-state index contributed by atoms with van der Waals surface area (Å²) in [5, 5.41) is 6.21. The maximum absolute atomic E-state index is 13.6. The number of ether oxygens (including phenoxy) is 2. The Labute approximate surface area is 270 Å². The second-order valence-corrected chi connectivity index (χ2v) is 11.7. The smallest absolute Gasteiger partial charge is 0.262 e. The molecular formula is C36H42N6O4. The summed E-state index contributed by atoms with van der Waals surface area (Å²) in [5.74, 6) is 1.05. The minimum Gasteiger partial charge on any atom is -0.493 e. The zero-order valence-electron chi connectivity index (χ0n) is 27.2. The van der Waals surface area contributed by atoms with Gasteiger partial charge in [-0.3, -0.25) is 9.59 Å². The average molecular weight is 623 g/mol. The van der Waals surface area contributed by atoms with E-state index in [4.69, 9.17) is 9.47 Å². The highest BCUT2D eigenvalue weighted by molar-refractivity contribution is 6.06. The number of aromatic nitrogens is 2. The summed E-state index contributed by atoms with van der Waals surface area (Å²) in [7, 11) is 3.66. The zero-order valence-corrected chi connectivity index (χ0v) is 27.2.